The number of likely N-dealkylation sites (N-methyl/N-ethyl adjacent to an activating group) is 1. The molecule has 29 heavy (non-hydrogen) atoms. The monoisotopic (exact) mass is 396 g/mol. The molecular formula is C24H32N2O3. The van der Waals surface area contributed by atoms with Crippen LogP contribution in [0.25, 0.3) is 0 Å². The van der Waals surface area contributed by atoms with Gasteiger partial charge < -0.3 is 9.64 Å². The van der Waals surface area contributed by atoms with E-state index in [1.54, 1.807) is 11.8 Å². The fourth-order valence-corrected chi connectivity index (χ4v) is 3.45. The van der Waals surface area contributed by atoms with Crippen molar-refractivity contribution in [2.24, 2.45) is 5.92 Å². The van der Waals surface area contributed by atoms with Crippen molar-refractivity contribution >= 4 is 11.9 Å². The molecule has 156 valence electrons. The minimum absolute atomic E-state index is 0.0346. The number of hydrogen-bond donors (Lipinski definition) is 0. The van der Waals surface area contributed by atoms with E-state index in [9.17, 15) is 9.59 Å². The third-order valence-electron chi connectivity index (χ3n) is 4.65. The lowest BCUT2D eigenvalue weighted by Gasteiger charge is -2.32. The highest BCUT2D eigenvalue weighted by molar-refractivity contribution is 5.80. The van der Waals surface area contributed by atoms with Crippen LogP contribution in [0.3, 0.4) is 0 Å². The first-order chi connectivity index (χ1) is 13.9. The molecule has 0 aliphatic rings. The number of ether oxygens (including phenoxy) is 1. The van der Waals surface area contributed by atoms with E-state index in [4.69, 9.17) is 4.74 Å². The summed E-state index contributed by atoms with van der Waals surface area (Å²) in [6.45, 7) is 7.21. The first-order valence-electron chi connectivity index (χ1n) is 10.2. The van der Waals surface area contributed by atoms with Crippen molar-refractivity contribution in [1.29, 1.82) is 0 Å². The molecule has 0 bridgehead atoms. The van der Waals surface area contributed by atoms with E-state index in [1.165, 1.54) is 0 Å². The molecule has 0 saturated heterocycles. The topological polar surface area (TPSA) is 49.9 Å². The van der Waals surface area contributed by atoms with E-state index < -0.39 is 0 Å². The molecule has 0 spiro atoms. The van der Waals surface area contributed by atoms with E-state index in [-0.39, 0.29) is 31.0 Å². The Morgan fingerprint density at radius 1 is 0.897 bits per heavy atom. The second kappa shape index (κ2) is 11.4. The molecule has 1 amide bonds. The second-order valence-corrected chi connectivity index (χ2v) is 7.60. The van der Waals surface area contributed by atoms with Gasteiger partial charge in [0.15, 0.2) is 0 Å². The van der Waals surface area contributed by atoms with Crippen LogP contribution in [0, 0.1) is 5.92 Å². The summed E-state index contributed by atoms with van der Waals surface area (Å²) in [6.07, 6.45) is 0. The van der Waals surface area contributed by atoms with Gasteiger partial charge in [0.25, 0.3) is 0 Å². The molecule has 5 heteroatoms. The van der Waals surface area contributed by atoms with Crippen LogP contribution in [0.2, 0.25) is 0 Å². The Hall–Kier alpha value is -2.66. The van der Waals surface area contributed by atoms with Gasteiger partial charge in [0.2, 0.25) is 5.91 Å². The Morgan fingerprint density at radius 2 is 1.41 bits per heavy atom. The van der Waals surface area contributed by atoms with E-state index in [1.807, 2.05) is 72.6 Å². The van der Waals surface area contributed by atoms with Crippen molar-refractivity contribution < 1.29 is 14.3 Å². The van der Waals surface area contributed by atoms with Crippen LogP contribution in [-0.2, 0) is 14.3 Å². The van der Waals surface area contributed by atoms with Crippen LogP contribution in [0.5, 0.6) is 0 Å². The van der Waals surface area contributed by atoms with Gasteiger partial charge in [0, 0.05) is 13.6 Å². The molecule has 0 radical (unpaired) electrons. The minimum Gasteiger partial charge on any atom is -0.465 e. The average molecular weight is 397 g/mol. The number of rotatable bonds is 10. The zero-order valence-electron chi connectivity index (χ0n) is 17.9. The van der Waals surface area contributed by atoms with Crippen molar-refractivity contribution in [3.8, 4) is 0 Å². The Labute approximate surface area is 174 Å². The highest BCUT2D eigenvalue weighted by atomic mass is 16.5. The predicted octanol–water partition coefficient (Wildman–Crippen LogP) is 3.76. The van der Waals surface area contributed by atoms with Crippen LogP contribution >= 0.6 is 0 Å². The molecule has 0 aliphatic carbocycles. The Bertz CT molecular complexity index is 723. The van der Waals surface area contributed by atoms with Gasteiger partial charge in [-0.2, -0.15) is 0 Å². The number of nitrogens with zero attached hydrogens (tertiary/aromatic N) is 2. The molecule has 0 heterocycles. The fraction of sp³-hybridized carbons (Fsp3) is 0.417. The molecule has 0 fully saturated rings. The number of hydrogen-bond acceptors (Lipinski definition) is 4. The largest absolute Gasteiger partial charge is 0.465 e. The number of esters is 1. The maximum atomic E-state index is 13.2. The van der Waals surface area contributed by atoms with Crippen molar-refractivity contribution in [3.05, 3.63) is 71.8 Å². The molecular weight excluding hydrogens is 364 g/mol. The lowest BCUT2D eigenvalue weighted by atomic mass is 9.97. The minimum atomic E-state index is -0.300. The average Bonchev–Trinajstić information content (AvgIpc) is 2.69. The normalized spacial score (nSPS) is 11.1. The summed E-state index contributed by atoms with van der Waals surface area (Å²) in [6, 6.07) is 19.8. The molecule has 0 N–H and O–H groups in total. The van der Waals surface area contributed by atoms with E-state index >= 15 is 0 Å². The van der Waals surface area contributed by atoms with Gasteiger partial charge in [-0.25, -0.2) is 0 Å². The van der Waals surface area contributed by atoms with Gasteiger partial charge in [-0.1, -0.05) is 74.5 Å². The first kappa shape index (κ1) is 22.6. The Balaban J connectivity index is 2.21. The zero-order chi connectivity index (χ0) is 21.2. The zero-order valence-corrected chi connectivity index (χ0v) is 17.9. The highest BCUT2D eigenvalue weighted by Gasteiger charge is 2.25. The lowest BCUT2D eigenvalue weighted by molar-refractivity contribution is -0.145. The maximum absolute atomic E-state index is 13.2. The molecule has 5 nitrogen and oxygen atoms in total. The van der Waals surface area contributed by atoms with Crippen molar-refractivity contribution in [2.45, 2.75) is 26.8 Å². The van der Waals surface area contributed by atoms with Gasteiger partial charge in [-0.3, -0.25) is 14.5 Å². The summed E-state index contributed by atoms with van der Waals surface area (Å²) in [5, 5.41) is 0. The first-order valence-corrected chi connectivity index (χ1v) is 10.2. The third-order valence-corrected chi connectivity index (χ3v) is 4.65. The van der Waals surface area contributed by atoms with Gasteiger partial charge >= 0.3 is 5.97 Å². The molecule has 2 aromatic carbocycles. The van der Waals surface area contributed by atoms with Gasteiger partial charge in [0.1, 0.15) is 0 Å². The quantitative estimate of drug-likeness (QED) is 0.574. The molecule has 2 aromatic rings. The Kier molecular flexibility index (Phi) is 8.87. The second-order valence-electron chi connectivity index (χ2n) is 7.60. The van der Waals surface area contributed by atoms with Crippen LogP contribution in [-0.4, -0.2) is 55.0 Å². The molecule has 0 saturated carbocycles. The standard InChI is InChI=1S/C24H32N2O3/c1-5-29-23(28)18-26(16-19(2)3)17-22(27)25(4)24(20-12-8-6-9-13-20)21-14-10-7-11-15-21/h6-15,19,24H,5,16-18H2,1-4H3. The molecule has 0 aromatic heterocycles. The maximum Gasteiger partial charge on any atom is 0.320 e. The third kappa shape index (κ3) is 7.02. The molecule has 0 unspecified atom stereocenters. The van der Waals surface area contributed by atoms with E-state index in [2.05, 4.69) is 13.8 Å². The smallest absolute Gasteiger partial charge is 0.320 e. The summed E-state index contributed by atoms with van der Waals surface area (Å²) in [5.74, 6) is 0.000465. The Morgan fingerprint density at radius 3 is 1.86 bits per heavy atom. The summed E-state index contributed by atoms with van der Waals surface area (Å²) >= 11 is 0. The van der Waals surface area contributed by atoms with Crippen molar-refractivity contribution in [3.63, 3.8) is 0 Å². The fourth-order valence-electron chi connectivity index (χ4n) is 3.45. The summed E-state index contributed by atoms with van der Waals surface area (Å²) in [5.41, 5.74) is 2.10. The molecule has 2 rings (SSSR count). The summed E-state index contributed by atoms with van der Waals surface area (Å²) in [7, 11) is 1.82. The predicted molar refractivity (Wildman–Crippen MR) is 115 cm³/mol. The molecule has 0 atom stereocenters. The van der Waals surface area contributed by atoms with E-state index in [0.29, 0.717) is 19.1 Å². The van der Waals surface area contributed by atoms with Gasteiger partial charge in [0.05, 0.1) is 25.7 Å². The summed E-state index contributed by atoms with van der Waals surface area (Å²) < 4.78 is 5.08. The number of carbonyl (C=O) groups excluding carboxylic acids is 2. The SMILES string of the molecule is CCOC(=O)CN(CC(=O)N(C)C(c1ccccc1)c1ccccc1)CC(C)C. The van der Waals surface area contributed by atoms with E-state index in [0.717, 1.165) is 11.1 Å². The van der Waals surface area contributed by atoms with Crippen LogP contribution < -0.4 is 0 Å². The number of amides is 1. The van der Waals surface area contributed by atoms with Gasteiger partial charge in [-0.05, 0) is 24.0 Å². The van der Waals surface area contributed by atoms with Gasteiger partial charge in [-0.15, -0.1) is 0 Å². The highest BCUT2D eigenvalue weighted by Crippen LogP contribution is 2.27. The van der Waals surface area contributed by atoms with Crippen LogP contribution in [0.15, 0.2) is 60.7 Å². The number of benzene rings is 2. The number of carbonyl (C=O) groups is 2. The lowest BCUT2D eigenvalue weighted by Crippen LogP contribution is -2.43. The summed E-state index contributed by atoms with van der Waals surface area (Å²) in [4.78, 5) is 28.8. The van der Waals surface area contributed by atoms with Crippen LogP contribution in [0.4, 0.5) is 0 Å². The van der Waals surface area contributed by atoms with Crippen molar-refractivity contribution in [2.75, 3.05) is 33.3 Å². The molecule has 0 aliphatic heterocycles. The van der Waals surface area contributed by atoms with Crippen molar-refractivity contribution in [1.82, 2.24) is 9.80 Å². The van der Waals surface area contributed by atoms with Crippen LogP contribution in [0.1, 0.15) is 37.9 Å².